The van der Waals surface area contributed by atoms with Crippen molar-refractivity contribution in [2.75, 3.05) is 0 Å². The molecular weight excluding hydrogens is 829 g/mol. The largest absolute Gasteiger partial charge is 0.0622 e. The van der Waals surface area contributed by atoms with E-state index in [9.17, 15) is 0 Å². The van der Waals surface area contributed by atoms with Gasteiger partial charge in [0.25, 0.3) is 0 Å². The fourth-order valence-electron chi connectivity index (χ4n) is 12.9. The smallest absolute Gasteiger partial charge is 0.0159 e. The van der Waals surface area contributed by atoms with Crippen molar-refractivity contribution in [2.45, 2.75) is 71.6 Å². The topological polar surface area (TPSA) is 0 Å². The van der Waals surface area contributed by atoms with Crippen LogP contribution in [-0.4, -0.2) is 0 Å². The van der Waals surface area contributed by atoms with Crippen molar-refractivity contribution in [3.8, 4) is 44.5 Å². The van der Waals surface area contributed by atoms with Gasteiger partial charge in [-0.2, -0.15) is 0 Å². The van der Waals surface area contributed by atoms with E-state index in [1.807, 2.05) is 0 Å². The Labute approximate surface area is 404 Å². The zero-order valence-corrected chi connectivity index (χ0v) is 40.8. The molecule has 0 spiro atoms. The molecule has 0 heterocycles. The van der Waals surface area contributed by atoms with E-state index in [0.29, 0.717) is 0 Å². The first kappa shape index (κ1) is 40.5. The second kappa shape index (κ2) is 13.8. The van der Waals surface area contributed by atoms with E-state index in [0.717, 1.165) is 0 Å². The molecule has 0 aliphatic heterocycles. The predicted octanol–water partition coefficient (Wildman–Crippen LogP) is 19.7. The average Bonchev–Trinajstić information content (AvgIpc) is 3.93. The molecule has 69 heavy (non-hydrogen) atoms. The van der Waals surface area contributed by atoms with Crippen molar-refractivity contribution in [3.63, 3.8) is 0 Å². The van der Waals surface area contributed by atoms with Crippen molar-refractivity contribution < 1.29 is 0 Å². The van der Waals surface area contributed by atoms with E-state index in [-0.39, 0.29) is 16.2 Å². The van der Waals surface area contributed by atoms with Crippen molar-refractivity contribution in [2.24, 2.45) is 0 Å². The third kappa shape index (κ3) is 5.52. The standard InChI is InChI=1S/C69H54/c1-67(2,3)43-30-32-49-57(36-43)69(7,8)58-37-44(68(4,5)6)35-52(63(49)58)42-29-31-46-48-26-18-27-50-61(48)54(53(46)33-42)38-56-59(39-19-11-9-12-20-39)65-51-28-17-25-47-45-24-16-15-23-41(45)34-55(62(47)51)66(65)60(64(50)56)40-21-13-10-14-22-40/h9-38H,1-8H3. The summed E-state index contributed by atoms with van der Waals surface area (Å²) in [7, 11) is 0. The zero-order chi connectivity index (χ0) is 46.9. The number of hydrogen-bond donors (Lipinski definition) is 0. The summed E-state index contributed by atoms with van der Waals surface area (Å²) in [6.45, 7) is 19.0. The van der Waals surface area contributed by atoms with Crippen LogP contribution in [0.25, 0.3) is 131 Å². The number of hydrogen-bond acceptors (Lipinski definition) is 0. The summed E-state index contributed by atoms with van der Waals surface area (Å²) < 4.78 is 0. The van der Waals surface area contributed by atoms with Crippen LogP contribution in [0, 0.1) is 0 Å². The Morgan fingerprint density at radius 3 is 1.58 bits per heavy atom. The van der Waals surface area contributed by atoms with Gasteiger partial charge in [0.2, 0.25) is 0 Å². The molecule has 13 aromatic carbocycles. The third-order valence-electron chi connectivity index (χ3n) is 16.4. The lowest BCUT2D eigenvalue weighted by Gasteiger charge is -2.27. The van der Waals surface area contributed by atoms with Crippen LogP contribution in [0.15, 0.2) is 182 Å². The number of benzene rings is 11. The Kier molecular flexibility index (Phi) is 8.10. The zero-order valence-electron chi connectivity index (χ0n) is 40.8. The van der Waals surface area contributed by atoms with Gasteiger partial charge in [-0.15, -0.1) is 0 Å². The average molecular weight is 883 g/mol. The number of fused-ring (bicyclic) bond motifs is 13. The molecule has 0 nitrogen and oxygen atoms in total. The Balaban J connectivity index is 1.15. The van der Waals surface area contributed by atoms with Crippen LogP contribution in [0.1, 0.15) is 77.6 Å². The summed E-state index contributed by atoms with van der Waals surface area (Å²) >= 11 is 0. The van der Waals surface area contributed by atoms with Crippen LogP contribution in [0.2, 0.25) is 0 Å². The van der Waals surface area contributed by atoms with Gasteiger partial charge in [0, 0.05) is 5.41 Å². The molecule has 0 heteroatoms. The van der Waals surface area contributed by atoms with Crippen molar-refractivity contribution in [1.29, 1.82) is 0 Å². The van der Waals surface area contributed by atoms with E-state index < -0.39 is 0 Å². The third-order valence-corrected chi connectivity index (χ3v) is 16.4. The highest BCUT2D eigenvalue weighted by Gasteiger charge is 2.39. The van der Waals surface area contributed by atoms with Crippen LogP contribution < -0.4 is 0 Å². The molecule has 14 rings (SSSR count). The minimum atomic E-state index is -0.138. The first-order valence-electron chi connectivity index (χ1n) is 24.9. The minimum absolute atomic E-state index is 0.0239. The molecule has 0 amide bonds. The molecule has 0 radical (unpaired) electrons. The Morgan fingerprint density at radius 2 is 0.870 bits per heavy atom. The lowest BCUT2D eigenvalue weighted by molar-refractivity contribution is 0.580. The monoisotopic (exact) mass is 882 g/mol. The van der Waals surface area contributed by atoms with Gasteiger partial charge in [-0.05, 0) is 188 Å². The summed E-state index contributed by atoms with van der Waals surface area (Å²) in [5.41, 5.74) is 16.0. The second-order valence-electron chi connectivity index (χ2n) is 22.8. The molecule has 0 aromatic heterocycles. The molecule has 0 saturated heterocycles. The Bertz CT molecular complexity index is 4300. The molecule has 0 N–H and O–H groups in total. The highest BCUT2D eigenvalue weighted by Crippen LogP contribution is 2.57. The van der Waals surface area contributed by atoms with Gasteiger partial charge in [-0.1, -0.05) is 213 Å². The van der Waals surface area contributed by atoms with Crippen LogP contribution in [-0.2, 0) is 16.2 Å². The SMILES string of the molecule is CC(C)(C)c1ccc2c(c1)C(C)(C)c1cc(C(C)(C)C)cc(-c3ccc4c(c3)c3cc5c(-c6ccccc6)c6c7cccc8c9ccccc9cc(c6c(-c6ccccc6)c5c5cccc4c35)c87)c1-2. The highest BCUT2D eigenvalue weighted by molar-refractivity contribution is 6.46. The van der Waals surface area contributed by atoms with Crippen LogP contribution in [0.5, 0.6) is 0 Å². The van der Waals surface area contributed by atoms with Gasteiger partial charge >= 0.3 is 0 Å². The molecule has 0 unspecified atom stereocenters. The summed E-state index contributed by atoms with van der Waals surface area (Å²) in [5.74, 6) is 0. The van der Waals surface area contributed by atoms with Crippen LogP contribution in [0.4, 0.5) is 0 Å². The summed E-state index contributed by atoms with van der Waals surface area (Å²) in [6, 6.07) is 70.3. The molecule has 1 aliphatic carbocycles. The molecule has 0 atom stereocenters. The molecule has 0 fully saturated rings. The maximum absolute atomic E-state index is 2.59. The van der Waals surface area contributed by atoms with Gasteiger partial charge in [0.15, 0.2) is 0 Å². The molecule has 0 saturated carbocycles. The molecule has 13 aromatic rings. The van der Waals surface area contributed by atoms with Crippen molar-refractivity contribution in [3.05, 3.63) is 204 Å². The first-order chi connectivity index (χ1) is 33.3. The molecule has 1 aliphatic rings. The summed E-state index contributed by atoms with van der Waals surface area (Å²) in [4.78, 5) is 0. The normalized spacial score (nSPS) is 13.9. The van der Waals surface area contributed by atoms with Crippen molar-refractivity contribution in [1.82, 2.24) is 0 Å². The van der Waals surface area contributed by atoms with Crippen LogP contribution >= 0.6 is 0 Å². The van der Waals surface area contributed by atoms with E-state index in [4.69, 9.17) is 0 Å². The van der Waals surface area contributed by atoms with Gasteiger partial charge in [0.1, 0.15) is 0 Å². The van der Waals surface area contributed by atoms with Gasteiger partial charge < -0.3 is 0 Å². The maximum atomic E-state index is 2.59. The molecule has 0 bridgehead atoms. The van der Waals surface area contributed by atoms with Crippen molar-refractivity contribution >= 4 is 86.2 Å². The lowest BCUT2D eigenvalue weighted by Crippen LogP contribution is -2.19. The lowest BCUT2D eigenvalue weighted by atomic mass is 9.76. The Hall–Kier alpha value is -7.54. The van der Waals surface area contributed by atoms with E-state index in [1.54, 1.807) is 0 Å². The van der Waals surface area contributed by atoms with Gasteiger partial charge in [-0.25, -0.2) is 0 Å². The maximum Gasteiger partial charge on any atom is 0.0159 e. The summed E-state index contributed by atoms with van der Waals surface area (Å²) in [5, 5.41) is 21.1. The number of rotatable bonds is 3. The van der Waals surface area contributed by atoms with E-state index in [2.05, 4.69) is 237 Å². The Morgan fingerprint density at radius 1 is 0.290 bits per heavy atom. The highest BCUT2D eigenvalue weighted by atomic mass is 14.4. The molecule has 330 valence electrons. The molecular formula is C69H54. The predicted molar refractivity (Wildman–Crippen MR) is 300 cm³/mol. The quantitative estimate of drug-likeness (QED) is 0.155. The summed E-state index contributed by atoms with van der Waals surface area (Å²) in [6.07, 6.45) is 0. The van der Waals surface area contributed by atoms with Gasteiger partial charge in [-0.3, -0.25) is 0 Å². The van der Waals surface area contributed by atoms with Gasteiger partial charge in [0.05, 0.1) is 0 Å². The van der Waals surface area contributed by atoms with E-state index in [1.165, 1.54) is 153 Å². The minimum Gasteiger partial charge on any atom is -0.0622 e. The first-order valence-corrected chi connectivity index (χ1v) is 24.9. The fraction of sp³-hybridized carbons (Fsp3) is 0.159. The fourth-order valence-corrected chi connectivity index (χ4v) is 12.9. The van der Waals surface area contributed by atoms with Crippen LogP contribution in [0.3, 0.4) is 0 Å². The van der Waals surface area contributed by atoms with E-state index >= 15 is 0 Å². The second-order valence-corrected chi connectivity index (χ2v) is 22.8.